The van der Waals surface area contributed by atoms with Crippen molar-refractivity contribution in [2.24, 2.45) is 0 Å². The van der Waals surface area contributed by atoms with Gasteiger partial charge >= 0.3 is 0 Å². The Bertz CT molecular complexity index is 260. The Morgan fingerprint density at radius 1 is 1.73 bits per heavy atom. The second kappa shape index (κ2) is 3.19. The number of hydrogen-bond donors (Lipinski definition) is 1. The summed E-state index contributed by atoms with van der Waals surface area (Å²) in [6.07, 6.45) is 0. The van der Waals surface area contributed by atoms with Crippen LogP contribution in [0.4, 0.5) is 5.69 Å². The highest BCUT2D eigenvalue weighted by atomic mass is 32.1. The van der Waals surface area contributed by atoms with Gasteiger partial charge in [-0.15, -0.1) is 11.3 Å². The minimum absolute atomic E-state index is 0.509. The molecule has 1 aromatic rings. The molecule has 1 heterocycles. The van der Waals surface area contributed by atoms with Gasteiger partial charge in [0.1, 0.15) is 0 Å². The first kappa shape index (κ1) is 8.49. The van der Waals surface area contributed by atoms with E-state index in [9.17, 15) is 0 Å². The maximum Gasteiger partial charge on any atom is 0.201 e. The molecular weight excluding hydrogens is 178 g/mol. The van der Waals surface area contributed by atoms with E-state index in [1.165, 1.54) is 0 Å². The third-order valence-corrected chi connectivity index (χ3v) is 2.92. The molecule has 0 aromatic carbocycles. The molecule has 0 bridgehead atoms. The van der Waals surface area contributed by atoms with E-state index >= 15 is 0 Å². The zero-order valence-corrected chi connectivity index (χ0v) is 8.01. The van der Waals surface area contributed by atoms with Gasteiger partial charge in [-0.1, -0.05) is 0 Å². The van der Waals surface area contributed by atoms with Crippen LogP contribution < -0.4 is 5.73 Å². The van der Waals surface area contributed by atoms with Gasteiger partial charge < -0.3 is 10.5 Å². The summed E-state index contributed by atoms with van der Waals surface area (Å²) in [4.78, 5) is 2.01. The lowest BCUT2D eigenvalue weighted by atomic mass is 10.4. The normalized spacial score (nSPS) is 9.64. The molecule has 0 saturated carbocycles. The van der Waals surface area contributed by atoms with Crippen LogP contribution in [0.2, 0.25) is 0 Å². The highest BCUT2D eigenvalue weighted by Crippen LogP contribution is 2.24. The molecule has 11 heavy (non-hydrogen) atoms. The quantitative estimate of drug-likeness (QED) is 0.683. The highest BCUT2D eigenvalue weighted by molar-refractivity contribution is 7.80. The summed E-state index contributed by atoms with van der Waals surface area (Å²) in [5.74, 6) is 0. The molecule has 1 aromatic heterocycles. The van der Waals surface area contributed by atoms with Crippen molar-refractivity contribution in [1.82, 2.24) is 0 Å². The van der Waals surface area contributed by atoms with Gasteiger partial charge in [0.05, 0.1) is 12.0 Å². The van der Waals surface area contributed by atoms with Gasteiger partial charge in [0, 0.05) is 10.6 Å². The van der Waals surface area contributed by atoms with Crippen molar-refractivity contribution in [3.8, 4) is 0 Å². The van der Waals surface area contributed by atoms with E-state index in [1.807, 2.05) is 13.0 Å². The van der Waals surface area contributed by atoms with Gasteiger partial charge in [-0.05, 0) is 25.2 Å². The lowest BCUT2D eigenvalue weighted by Gasteiger charge is -1.94. The SMILES string of the molecule is COC(=S)c1cc(N)c(C)s1. The molecule has 0 aliphatic carbocycles. The van der Waals surface area contributed by atoms with Crippen molar-refractivity contribution in [1.29, 1.82) is 0 Å². The Labute approximate surface area is 75.0 Å². The van der Waals surface area contributed by atoms with E-state index < -0.39 is 0 Å². The number of nitrogens with two attached hydrogens (primary N) is 1. The van der Waals surface area contributed by atoms with E-state index in [0.29, 0.717) is 5.05 Å². The molecule has 4 heteroatoms. The Morgan fingerprint density at radius 3 is 2.73 bits per heavy atom. The summed E-state index contributed by atoms with van der Waals surface area (Å²) in [6.45, 7) is 1.96. The molecular formula is C7H9NOS2. The summed E-state index contributed by atoms with van der Waals surface area (Å²) < 4.78 is 4.89. The van der Waals surface area contributed by atoms with E-state index in [-0.39, 0.29) is 0 Å². The molecule has 2 nitrogen and oxygen atoms in total. The van der Waals surface area contributed by atoms with Gasteiger partial charge in [-0.3, -0.25) is 0 Å². The van der Waals surface area contributed by atoms with Gasteiger partial charge in [0.25, 0.3) is 0 Å². The smallest absolute Gasteiger partial charge is 0.201 e. The predicted molar refractivity (Wildman–Crippen MR) is 52.2 cm³/mol. The Hall–Kier alpha value is -0.610. The molecule has 0 saturated heterocycles. The second-order valence-corrected chi connectivity index (χ2v) is 3.74. The number of rotatable bonds is 1. The lowest BCUT2D eigenvalue weighted by molar-refractivity contribution is 0.417. The molecule has 0 radical (unpaired) electrons. The minimum atomic E-state index is 0.509. The van der Waals surface area contributed by atoms with E-state index in [1.54, 1.807) is 18.4 Å². The molecule has 0 unspecified atom stereocenters. The first-order valence-electron chi connectivity index (χ1n) is 3.09. The topological polar surface area (TPSA) is 35.2 Å². The minimum Gasteiger partial charge on any atom is -0.486 e. The maximum absolute atomic E-state index is 5.63. The van der Waals surface area contributed by atoms with Gasteiger partial charge in [0.15, 0.2) is 0 Å². The van der Waals surface area contributed by atoms with Crippen LogP contribution in [0, 0.1) is 6.92 Å². The highest BCUT2D eigenvalue weighted by Gasteiger charge is 2.06. The lowest BCUT2D eigenvalue weighted by Crippen LogP contribution is -1.95. The fourth-order valence-electron chi connectivity index (χ4n) is 0.697. The molecule has 1 rings (SSSR count). The van der Waals surface area contributed by atoms with Crippen molar-refractivity contribution in [3.63, 3.8) is 0 Å². The average molecular weight is 187 g/mol. The summed E-state index contributed by atoms with van der Waals surface area (Å²) in [7, 11) is 1.56. The van der Waals surface area contributed by atoms with Crippen molar-refractivity contribution in [3.05, 3.63) is 15.8 Å². The molecule has 60 valence electrons. The summed E-state index contributed by atoms with van der Waals surface area (Å²) in [6, 6.07) is 1.84. The Morgan fingerprint density at radius 2 is 2.36 bits per heavy atom. The number of anilines is 1. The fraction of sp³-hybridized carbons (Fsp3) is 0.286. The summed E-state index contributed by atoms with van der Waals surface area (Å²) in [5, 5.41) is 0.509. The van der Waals surface area contributed by atoms with Crippen LogP contribution in [0.1, 0.15) is 9.75 Å². The number of thiocarbonyl (C=S) groups is 1. The number of hydrogen-bond acceptors (Lipinski definition) is 4. The van der Waals surface area contributed by atoms with Gasteiger partial charge in [-0.25, -0.2) is 0 Å². The number of nitrogen functional groups attached to an aromatic ring is 1. The van der Waals surface area contributed by atoms with Crippen LogP contribution in [-0.2, 0) is 4.74 Å². The van der Waals surface area contributed by atoms with Crippen LogP contribution in [0.5, 0.6) is 0 Å². The number of thiophene rings is 1. The third kappa shape index (κ3) is 1.70. The molecule has 0 atom stereocenters. The molecule has 0 fully saturated rings. The predicted octanol–water partition coefficient (Wildman–Crippen LogP) is 1.96. The molecule has 0 spiro atoms. The standard InChI is InChI=1S/C7H9NOS2/c1-4-5(8)3-6(11-4)7(10)9-2/h3H,8H2,1-2H3. The Kier molecular flexibility index (Phi) is 2.46. The van der Waals surface area contributed by atoms with E-state index in [4.69, 9.17) is 22.7 Å². The number of methoxy groups -OCH3 is 1. The van der Waals surface area contributed by atoms with Gasteiger partial charge in [-0.2, -0.15) is 0 Å². The fourth-order valence-corrected chi connectivity index (χ4v) is 1.74. The maximum atomic E-state index is 5.63. The summed E-state index contributed by atoms with van der Waals surface area (Å²) >= 11 is 6.48. The monoisotopic (exact) mass is 187 g/mol. The first-order valence-corrected chi connectivity index (χ1v) is 4.32. The van der Waals surface area contributed by atoms with Crippen molar-refractivity contribution in [2.75, 3.05) is 12.8 Å². The largest absolute Gasteiger partial charge is 0.486 e. The van der Waals surface area contributed by atoms with Crippen molar-refractivity contribution < 1.29 is 4.74 Å². The molecule has 0 aliphatic heterocycles. The van der Waals surface area contributed by atoms with Crippen LogP contribution >= 0.6 is 23.6 Å². The van der Waals surface area contributed by atoms with Crippen molar-refractivity contribution >= 4 is 34.3 Å². The zero-order valence-electron chi connectivity index (χ0n) is 6.38. The second-order valence-electron chi connectivity index (χ2n) is 2.11. The number of ether oxygens (including phenoxy) is 1. The van der Waals surface area contributed by atoms with Crippen LogP contribution in [0.25, 0.3) is 0 Å². The van der Waals surface area contributed by atoms with E-state index in [2.05, 4.69) is 0 Å². The average Bonchev–Trinajstić information content (AvgIpc) is 2.31. The molecule has 0 aliphatic rings. The third-order valence-electron chi connectivity index (χ3n) is 1.34. The van der Waals surface area contributed by atoms with Crippen molar-refractivity contribution in [2.45, 2.75) is 6.92 Å². The molecule has 0 amide bonds. The summed E-state index contributed by atoms with van der Waals surface area (Å²) in [5.41, 5.74) is 6.41. The molecule has 2 N–H and O–H groups in total. The van der Waals surface area contributed by atoms with E-state index in [0.717, 1.165) is 15.4 Å². The first-order chi connectivity index (χ1) is 5.15. The van der Waals surface area contributed by atoms with Crippen LogP contribution in [-0.4, -0.2) is 12.2 Å². The van der Waals surface area contributed by atoms with Crippen LogP contribution in [0.15, 0.2) is 6.07 Å². The zero-order chi connectivity index (χ0) is 8.43. The van der Waals surface area contributed by atoms with Crippen LogP contribution in [0.3, 0.4) is 0 Å². The van der Waals surface area contributed by atoms with Gasteiger partial charge in [0.2, 0.25) is 5.05 Å². The Balaban J connectivity index is 2.97. The number of aryl methyl sites for hydroxylation is 1.